The summed E-state index contributed by atoms with van der Waals surface area (Å²) < 4.78 is 27.3. The summed E-state index contributed by atoms with van der Waals surface area (Å²) in [5.74, 6) is -0.182. The van der Waals surface area contributed by atoms with Crippen LogP contribution < -0.4 is 5.32 Å². The number of hydrogen-bond donors (Lipinski definition) is 2. The summed E-state index contributed by atoms with van der Waals surface area (Å²) >= 11 is 0. The van der Waals surface area contributed by atoms with Crippen LogP contribution in [0, 0.1) is 0 Å². The second-order valence-electron chi connectivity index (χ2n) is 7.85. The molecule has 3 aromatic rings. The minimum absolute atomic E-state index is 0.0342. The third-order valence-corrected chi connectivity index (χ3v) is 7.60. The van der Waals surface area contributed by atoms with Gasteiger partial charge in [0.2, 0.25) is 21.8 Å². The Morgan fingerprint density at radius 2 is 1.69 bits per heavy atom. The molecule has 1 saturated heterocycles. The van der Waals surface area contributed by atoms with Crippen molar-refractivity contribution >= 4 is 38.4 Å². The third kappa shape index (κ3) is 4.68. The Morgan fingerprint density at radius 1 is 1.00 bits per heavy atom. The Labute approximate surface area is 187 Å². The average molecular weight is 455 g/mol. The maximum absolute atomic E-state index is 12.9. The lowest BCUT2D eigenvalue weighted by molar-refractivity contribution is -0.132. The molecule has 8 nitrogen and oxygen atoms in total. The minimum Gasteiger partial charge on any atom is -0.361 e. The zero-order valence-electron chi connectivity index (χ0n) is 17.9. The van der Waals surface area contributed by atoms with E-state index in [0.717, 1.165) is 16.5 Å². The van der Waals surface area contributed by atoms with Crippen LogP contribution in [0.3, 0.4) is 0 Å². The maximum Gasteiger partial charge on any atom is 0.243 e. The van der Waals surface area contributed by atoms with Crippen molar-refractivity contribution < 1.29 is 18.0 Å². The molecule has 0 unspecified atom stereocenters. The van der Waals surface area contributed by atoms with Crippen molar-refractivity contribution in [2.75, 3.05) is 31.5 Å². The Kier molecular flexibility index (Phi) is 6.29. The molecule has 2 amide bonds. The first kappa shape index (κ1) is 22.0. The SMILES string of the molecule is CC(=O)Nc1ccc(S(=O)(=O)N2CCN(C(=O)CCc3c[nH]c4ccccc34)CC2)cc1. The fourth-order valence-electron chi connectivity index (χ4n) is 3.98. The van der Waals surface area contributed by atoms with Gasteiger partial charge in [-0.1, -0.05) is 18.2 Å². The highest BCUT2D eigenvalue weighted by atomic mass is 32.2. The molecule has 4 rings (SSSR count). The summed E-state index contributed by atoms with van der Waals surface area (Å²) in [6, 6.07) is 14.1. The van der Waals surface area contributed by atoms with E-state index < -0.39 is 10.0 Å². The smallest absolute Gasteiger partial charge is 0.243 e. The molecular weight excluding hydrogens is 428 g/mol. The fourth-order valence-corrected chi connectivity index (χ4v) is 5.40. The number of nitrogens with one attached hydrogen (secondary N) is 2. The zero-order valence-corrected chi connectivity index (χ0v) is 18.7. The number of fused-ring (bicyclic) bond motifs is 1. The van der Waals surface area contributed by atoms with E-state index in [0.29, 0.717) is 31.6 Å². The molecule has 0 saturated carbocycles. The van der Waals surface area contributed by atoms with Gasteiger partial charge in [0.15, 0.2) is 0 Å². The number of H-pyrrole nitrogens is 1. The maximum atomic E-state index is 12.9. The lowest BCUT2D eigenvalue weighted by Crippen LogP contribution is -2.50. The Morgan fingerprint density at radius 3 is 2.38 bits per heavy atom. The lowest BCUT2D eigenvalue weighted by atomic mass is 10.1. The number of para-hydroxylation sites is 1. The second-order valence-corrected chi connectivity index (χ2v) is 9.79. The number of nitrogens with zero attached hydrogens (tertiary/aromatic N) is 2. The molecule has 168 valence electrons. The number of carbonyl (C=O) groups excluding carboxylic acids is 2. The lowest BCUT2D eigenvalue weighted by Gasteiger charge is -2.34. The quantitative estimate of drug-likeness (QED) is 0.598. The van der Waals surface area contributed by atoms with Crippen molar-refractivity contribution in [2.45, 2.75) is 24.7 Å². The normalized spacial score (nSPS) is 15.1. The highest BCUT2D eigenvalue weighted by Gasteiger charge is 2.30. The van der Waals surface area contributed by atoms with Crippen molar-refractivity contribution in [1.29, 1.82) is 0 Å². The monoisotopic (exact) mass is 454 g/mol. The number of hydrogen-bond acceptors (Lipinski definition) is 4. The Balaban J connectivity index is 1.32. The van der Waals surface area contributed by atoms with Crippen LogP contribution >= 0.6 is 0 Å². The van der Waals surface area contributed by atoms with E-state index in [1.807, 2.05) is 30.5 Å². The molecule has 1 aliphatic rings. The number of aromatic amines is 1. The molecule has 2 N–H and O–H groups in total. The standard InChI is InChI=1S/C23H26N4O4S/c1-17(28)25-19-7-9-20(10-8-19)32(30,31)27-14-12-26(13-15-27)23(29)11-6-18-16-24-22-5-3-2-4-21(18)22/h2-5,7-10,16,24H,6,11-15H2,1H3,(H,25,28). The summed E-state index contributed by atoms with van der Waals surface area (Å²) in [7, 11) is -3.65. The van der Waals surface area contributed by atoms with Crippen LogP contribution in [0.1, 0.15) is 18.9 Å². The van der Waals surface area contributed by atoms with E-state index in [9.17, 15) is 18.0 Å². The summed E-state index contributed by atoms with van der Waals surface area (Å²) in [4.78, 5) is 29.0. The van der Waals surface area contributed by atoms with Gasteiger partial charge in [0, 0.05) is 62.3 Å². The molecule has 0 atom stereocenters. The van der Waals surface area contributed by atoms with Gasteiger partial charge in [-0.05, 0) is 42.3 Å². The zero-order chi connectivity index (χ0) is 22.7. The average Bonchev–Trinajstić information content (AvgIpc) is 3.21. The van der Waals surface area contributed by atoms with Gasteiger partial charge in [0.25, 0.3) is 0 Å². The van der Waals surface area contributed by atoms with Crippen molar-refractivity contribution in [3.63, 3.8) is 0 Å². The van der Waals surface area contributed by atoms with E-state index in [-0.39, 0.29) is 29.8 Å². The molecule has 1 aliphatic heterocycles. The van der Waals surface area contributed by atoms with E-state index >= 15 is 0 Å². The molecule has 0 bridgehead atoms. The molecular formula is C23H26N4O4S. The van der Waals surface area contributed by atoms with Crippen LogP contribution in [0.2, 0.25) is 0 Å². The number of benzene rings is 2. The van der Waals surface area contributed by atoms with Crippen LogP contribution in [-0.4, -0.2) is 60.6 Å². The molecule has 9 heteroatoms. The number of aryl methyl sites for hydroxylation is 1. The first-order chi connectivity index (χ1) is 15.3. The summed E-state index contributed by atoms with van der Waals surface area (Å²) in [5, 5.41) is 3.75. The molecule has 1 fully saturated rings. The molecule has 1 aromatic heterocycles. The van der Waals surface area contributed by atoms with Gasteiger partial charge in [-0.25, -0.2) is 8.42 Å². The molecule has 2 heterocycles. The number of piperazine rings is 1. The van der Waals surface area contributed by atoms with Gasteiger partial charge in [-0.2, -0.15) is 4.31 Å². The number of amides is 2. The van der Waals surface area contributed by atoms with Gasteiger partial charge in [0.05, 0.1) is 4.90 Å². The highest BCUT2D eigenvalue weighted by Crippen LogP contribution is 2.22. The van der Waals surface area contributed by atoms with Crippen molar-refractivity contribution in [2.24, 2.45) is 0 Å². The van der Waals surface area contributed by atoms with Gasteiger partial charge in [0.1, 0.15) is 0 Å². The molecule has 2 aromatic carbocycles. The van der Waals surface area contributed by atoms with E-state index in [2.05, 4.69) is 10.3 Å². The third-order valence-electron chi connectivity index (χ3n) is 5.69. The van der Waals surface area contributed by atoms with Gasteiger partial charge < -0.3 is 15.2 Å². The summed E-state index contributed by atoms with van der Waals surface area (Å²) in [6.45, 7) is 2.65. The number of anilines is 1. The molecule has 0 spiro atoms. The molecule has 0 aliphatic carbocycles. The van der Waals surface area contributed by atoms with Crippen LogP contribution in [0.5, 0.6) is 0 Å². The van der Waals surface area contributed by atoms with E-state index in [1.165, 1.54) is 23.4 Å². The number of rotatable bonds is 6. The predicted molar refractivity (Wildman–Crippen MR) is 123 cm³/mol. The Hall–Kier alpha value is -3.17. The number of carbonyl (C=O) groups is 2. The van der Waals surface area contributed by atoms with Crippen LogP contribution in [0.4, 0.5) is 5.69 Å². The largest absolute Gasteiger partial charge is 0.361 e. The van der Waals surface area contributed by atoms with E-state index in [4.69, 9.17) is 0 Å². The van der Waals surface area contributed by atoms with Crippen LogP contribution in [0.25, 0.3) is 10.9 Å². The molecule has 0 radical (unpaired) electrons. The van der Waals surface area contributed by atoms with Gasteiger partial charge >= 0.3 is 0 Å². The second kappa shape index (κ2) is 9.13. The summed E-state index contributed by atoms with van der Waals surface area (Å²) in [5.41, 5.74) is 2.71. The minimum atomic E-state index is -3.65. The van der Waals surface area contributed by atoms with Crippen LogP contribution in [-0.2, 0) is 26.0 Å². The predicted octanol–water partition coefficient (Wildman–Crippen LogP) is 2.59. The first-order valence-corrected chi connectivity index (χ1v) is 12.0. The molecule has 32 heavy (non-hydrogen) atoms. The fraction of sp³-hybridized carbons (Fsp3) is 0.304. The number of sulfonamides is 1. The van der Waals surface area contributed by atoms with Crippen molar-refractivity contribution in [3.05, 3.63) is 60.3 Å². The van der Waals surface area contributed by atoms with Crippen LogP contribution in [0.15, 0.2) is 59.6 Å². The van der Waals surface area contributed by atoms with Crippen molar-refractivity contribution in [3.8, 4) is 0 Å². The van der Waals surface area contributed by atoms with Gasteiger partial charge in [-0.15, -0.1) is 0 Å². The first-order valence-electron chi connectivity index (χ1n) is 10.5. The summed E-state index contributed by atoms with van der Waals surface area (Å²) in [6.07, 6.45) is 2.97. The highest BCUT2D eigenvalue weighted by molar-refractivity contribution is 7.89. The Bertz CT molecular complexity index is 1230. The topological polar surface area (TPSA) is 103 Å². The van der Waals surface area contributed by atoms with E-state index in [1.54, 1.807) is 17.0 Å². The van der Waals surface area contributed by atoms with Gasteiger partial charge in [-0.3, -0.25) is 9.59 Å². The number of aromatic nitrogens is 1. The van der Waals surface area contributed by atoms with Crippen molar-refractivity contribution in [1.82, 2.24) is 14.2 Å².